The normalized spacial score (nSPS) is 16.0. The van der Waals surface area contributed by atoms with Crippen molar-refractivity contribution in [3.8, 4) is 0 Å². The highest BCUT2D eigenvalue weighted by Crippen LogP contribution is 2.25. The molecule has 0 spiro atoms. The number of nitrogens with one attached hydrogen (secondary N) is 1. The number of amides is 1. The molecule has 1 aliphatic rings. The van der Waals surface area contributed by atoms with Crippen molar-refractivity contribution in [2.45, 2.75) is 25.9 Å². The van der Waals surface area contributed by atoms with Crippen LogP contribution in [0.15, 0.2) is 65.0 Å². The minimum Gasteiger partial charge on any atom is -0.352 e. The Balaban J connectivity index is 1.40. The van der Waals surface area contributed by atoms with E-state index in [1.54, 1.807) is 29.1 Å². The van der Waals surface area contributed by atoms with Crippen LogP contribution < -0.4 is 15.8 Å². The maximum absolute atomic E-state index is 13.4. The van der Waals surface area contributed by atoms with Crippen LogP contribution in [0.2, 0.25) is 0 Å². The zero-order valence-electron chi connectivity index (χ0n) is 18.5. The zero-order valence-corrected chi connectivity index (χ0v) is 19.3. The number of hydrogen-bond acceptors (Lipinski definition) is 6. The maximum atomic E-state index is 13.4. The third-order valence-corrected chi connectivity index (χ3v) is 6.98. The Morgan fingerprint density at radius 1 is 1.12 bits per heavy atom. The van der Waals surface area contributed by atoms with Crippen molar-refractivity contribution in [1.29, 1.82) is 0 Å². The van der Waals surface area contributed by atoms with Crippen molar-refractivity contribution in [3.63, 3.8) is 0 Å². The number of hydrogen-bond donors (Lipinski definition) is 1. The molecule has 4 heterocycles. The molecule has 1 N–H and O–H groups in total. The number of fused-ring (bicyclic) bond motifs is 1. The molecule has 1 saturated heterocycles. The molecular formula is C25H24FN5O2S. The van der Waals surface area contributed by atoms with Gasteiger partial charge in [0.15, 0.2) is 0 Å². The predicted octanol–water partition coefficient (Wildman–Crippen LogP) is 3.57. The summed E-state index contributed by atoms with van der Waals surface area (Å²) in [6.07, 6.45) is 5.01. The number of thiophene rings is 1. The monoisotopic (exact) mass is 477 g/mol. The molecule has 1 aromatic carbocycles. The van der Waals surface area contributed by atoms with Crippen LogP contribution in [0.1, 0.15) is 24.0 Å². The summed E-state index contributed by atoms with van der Waals surface area (Å²) >= 11 is 1.36. The highest BCUT2D eigenvalue weighted by atomic mass is 32.1. The highest BCUT2D eigenvalue weighted by Gasteiger charge is 2.28. The molecular weight excluding hydrogens is 453 g/mol. The van der Waals surface area contributed by atoms with Gasteiger partial charge in [-0.15, -0.1) is 11.3 Å². The number of anilines is 1. The second-order valence-corrected chi connectivity index (χ2v) is 9.34. The van der Waals surface area contributed by atoms with Crippen LogP contribution in [-0.2, 0) is 17.9 Å². The number of carbonyl (C=O) groups is 1. The van der Waals surface area contributed by atoms with Crippen LogP contribution in [0.25, 0.3) is 10.2 Å². The Hall–Kier alpha value is -3.59. The Labute approximate surface area is 199 Å². The minimum absolute atomic E-state index is 0.00875. The second-order valence-electron chi connectivity index (χ2n) is 8.42. The molecule has 0 aliphatic carbocycles. The van der Waals surface area contributed by atoms with Crippen LogP contribution in [0.5, 0.6) is 0 Å². The Morgan fingerprint density at radius 3 is 2.71 bits per heavy atom. The van der Waals surface area contributed by atoms with Crippen LogP contribution in [0, 0.1) is 11.7 Å². The molecule has 9 heteroatoms. The number of benzene rings is 1. The van der Waals surface area contributed by atoms with Crippen molar-refractivity contribution in [2.75, 3.05) is 18.0 Å². The van der Waals surface area contributed by atoms with E-state index in [4.69, 9.17) is 4.98 Å². The van der Waals surface area contributed by atoms with Gasteiger partial charge in [-0.3, -0.25) is 19.1 Å². The SMILES string of the molecule is O=C(NCc1ccncc1)[C@H]1CCCN(c2nc3ccsc3c(=O)n2Cc2ccc(F)cc2)C1. The fraction of sp³-hybridized carbons (Fsp3) is 0.280. The van der Waals surface area contributed by atoms with Gasteiger partial charge in [0, 0.05) is 32.0 Å². The van der Waals surface area contributed by atoms with E-state index in [1.165, 1.54) is 23.5 Å². The third kappa shape index (κ3) is 4.70. The molecule has 5 rings (SSSR count). The van der Waals surface area contributed by atoms with Crippen molar-refractivity contribution < 1.29 is 9.18 Å². The Kier molecular flexibility index (Phi) is 6.35. The summed E-state index contributed by atoms with van der Waals surface area (Å²) in [5.41, 5.74) is 2.34. The molecule has 0 saturated carbocycles. The van der Waals surface area contributed by atoms with E-state index in [-0.39, 0.29) is 29.7 Å². The van der Waals surface area contributed by atoms with Crippen molar-refractivity contribution in [1.82, 2.24) is 19.9 Å². The fourth-order valence-corrected chi connectivity index (χ4v) is 5.07. The molecule has 4 aromatic rings. The lowest BCUT2D eigenvalue weighted by Crippen LogP contribution is -2.45. The van der Waals surface area contributed by atoms with Gasteiger partial charge in [0.2, 0.25) is 11.9 Å². The summed E-state index contributed by atoms with van der Waals surface area (Å²) in [5, 5.41) is 4.88. The van der Waals surface area contributed by atoms with Crippen LogP contribution in [0.3, 0.4) is 0 Å². The summed E-state index contributed by atoms with van der Waals surface area (Å²) in [6, 6.07) is 11.7. The van der Waals surface area contributed by atoms with E-state index < -0.39 is 0 Å². The van der Waals surface area contributed by atoms with Gasteiger partial charge in [0.05, 0.1) is 18.0 Å². The lowest BCUT2D eigenvalue weighted by Gasteiger charge is -2.34. The highest BCUT2D eigenvalue weighted by molar-refractivity contribution is 7.17. The molecule has 0 unspecified atom stereocenters. The summed E-state index contributed by atoms with van der Waals surface area (Å²) in [5.74, 6) is 0.0159. The maximum Gasteiger partial charge on any atom is 0.273 e. The van der Waals surface area contributed by atoms with Gasteiger partial charge in [0.1, 0.15) is 10.5 Å². The first kappa shape index (κ1) is 22.2. The number of aromatic nitrogens is 3. The van der Waals surface area contributed by atoms with Crippen molar-refractivity contribution in [3.05, 3.63) is 87.5 Å². The Bertz CT molecular complexity index is 1350. The topological polar surface area (TPSA) is 80.1 Å². The number of nitrogens with zero attached hydrogens (tertiary/aromatic N) is 4. The minimum atomic E-state index is -0.320. The molecule has 3 aromatic heterocycles. The third-order valence-electron chi connectivity index (χ3n) is 6.09. The van der Waals surface area contributed by atoms with Gasteiger partial charge < -0.3 is 10.2 Å². The van der Waals surface area contributed by atoms with E-state index in [2.05, 4.69) is 10.3 Å². The average Bonchev–Trinajstić information content (AvgIpc) is 3.35. The molecule has 7 nitrogen and oxygen atoms in total. The summed E-state index contributed by atoms with van der Waals surface area (Å²) in [7, 11) is 0. The van der Waals surface area contributed by atoms with Gasteiger partial charge >= 0.3 is 0 Å². The second kappa shape index (κ2) is 9.72. The van der Waals surface area contributed by atoms with Crippen LogP contribution in [0.4, 0.5) is 10.3 Å². The summed E-state index contributed by atoms with van der Waals surface area (Å²) < 4.78 is 15.6. The summed E-state index contributed by atoms with van der Waals surface area (Å²) in [4.78, 5) is 37.1. The van der Waals surface area contributed by atoms with E-state index >= 15 is 0 Å². The lowest BCUT2D eigenvalue weighted by molar-refractivity contribution is -0.125. The first-order valence-corrected chi connectivity index (χ1v) is 12.1. The van der Waals surface area contributed by atoms with Gasteiger partial charge in [-0.05, 0) is 59.7 Å². The lowest BCUT2D eigenvalue weighted by atomic mass is 9.97. The van der Waals surface area contributed by atoms with Gasteiger partial charge in [-0.1, -0.05) is 12.1 Å². The van der Waals surface area contributed by atoms with Gasteiger partial charge in [-0.2, -0.15) is 0 Å². The quantitative estimate of drug-likeness (QED) is 0.459. The molecule has 1 aliphatic heterocycles. The molecule has 34 heavy (non-hydrogen) atoms. The molecule has 1 atom stereocenters. The van der Waals surface area contributed by atoms with Gasteiger partial charge in [0.25, 0.3) is 5.56 Å². The number of piperidine rings is 1. The van der Waals surface area contributed by atoms with Gasteiger partial charge in [-0.25, -0.2) is 9.37 Å². The largest absolute Gasteiger partial charge is 0.352 e. The van der Waals surface area contributed by atoms with Crippen molar-refractivity contribution in [2.24, 2.45) is 5.92 Å². The number of carbonyl (C=O) groups excluding carboxylic acids is 1. The molecule has 0 radical (unpaired) electrons. The number of halogens is 1. The zero-order chi connectivity index (χ0) is 23.5. The van der Waals surface area contributed by atoms with Crippen LogP contribution >= 0.6 is 11.3 Å². The average molecular weight is 478 g/mol. The first-order chi connectivity index (χ1) is 16.6. The predicted molar refractivity (Wildman–Crippen MR) is 130 cm³/mol. The Morgan fingerprint density at radius 2 is 1.91 bits per heavy atom. The fourth-order valence-electron chi connectivity index (χ4n) is 4.30. The van der Waals surface area contributed by atoms with E-state index in [1.807, 2.05) is 28.5 Å². The number of rotatable bonds is 6. The van der Waals surface area contributed by atoms with E-state index in [9.17, 15) is 14.0 Å². The molecule has 1 fully saturated rings. The molecule has 1 amide bonds. The van der Waals surface area contributed by atoms with E-state index in [0.29, 0.717) is 35.8 Å². The molecule has 0 bridgehead atoms. The van der Waals surface area contributed by atoms with E-state index in [0.717, 1.165) is 24.0 Å². The van der Waals surface area contributed by atoms with Crippen molar-refractivity contribution >= 4 is 33.4 Å². The number of pyridine rings is 1. The molecule has 174 valence electrons. The standard InChI is InChI=1S/C25H24FN5O2S/c26-20-5-3-18(4-6-20)15-31-24(33)22-21(9-13-34-22)29-25(31)30-12-1-2-19(16-30)23(32)28-14-17-7-10-27-11-8-17/h3-11,13,19H,1-2,12,14-16H2,(H,28,32)/t19-/m0/s1. The summed E-state index contributed by atoms with van der Waals surface area (Å²) in [6.45, 7) is 1.92. The first-order valence-electron chi connectivity index (χ1n) is 11.2. The van der Waals surface area contributed by atoms with Crippen LogP contribution in [-0.4, -0.2) is 33.5 Å². The smallest absolute Gasteiger partial charge is 0.273 e.